The Morgan fingerprint density at radius 3 is 2.43 bits per heavy atom. The predicted molar refractivity (Wildman–Crippen MR) is 118 cm³/mol. The molecule has 2 heterocycles. The van der Waals surface area contributed by atoms with Gasteiger partial charge in [0.1, 0.15) is 0 Å². The minimum atomic E-state index is -0.0290. The standard InChI is InChI=1S/C22H26N4OS/c1-14-11-17(4)20-19(12-14)28-22(24-20)26-9-7-25(8-10-26)21(27)23-18-6-5-15(2)16(3)13-18/h5-6,11-13H,7-10H2,1-4H3,(H,23,27). The number of amides is 2. The lowest BCUT2D eigenvalue weighted by molar-refractivity contribution is 0.208. The molecule has 3 aromatic rings. The van der Waals surface area contributed by atoms with Crippen LogP contribution in [0, 0.1) is 27.7 Å². The van der Waals surface area contributed by atoms with Crippen molar-refractivity contribution < 1.29 is 4.79 Å². The second-order valence-corrected chi connectivity index (χ2v) is 8.64. The molecular formula is C22H26N4OS. The van der Waals surface area contributed by atoms with Crippen molar-refractivity contribution in [3.05, 3.63) is 52.6 Å². The van der Waals surface area contributed by atoms with Crippen LogP contribution in [0.3, 0.4) is 0 Å². The van der Waals surface area contributed by atoms with E-state index in [1.807, 2.05) is 23.1 Å². The molecule has 1 aliphatic rings. The predicted octanol–water partition coefficient (Wildman–Crippen LogP) is 4.88. The maximum absolute atomic E-state index is 12.6. The van der Waals surface area contributed by atoms with Gasteiger partial charge >= 0.3 is 6.03 Å². The van der Waals surface area contributed by atoms with Gasteiger partial charge in [-0.05, 0) is 68.1 Å². The summed E-state index contributed by atoms with van der Waals surface area (Å²) in [5.41, 5.74) is 6.86. The number of hydrogen-bond donors (Lipinski definition) is 1. The number of fused-ring (bicyclic) bond motifs is 1. The van der Waals surface area contributed by atoms with E-state index in [2.05, 4.69) is 50.0 Å². The maximum atomic E-state index is 12.6. The number of aryl methyl sites for hydroxylation is 4. The van der Waals surface area contributed by atoms with Gasteiger partial charge in [-0.1, -0.05) is 23.5 Å². The van der Waals surface area contributed by atoms with Gasteiger partial charge in [-0.25, -0.2) is 9.78 Å². The van der Waals surface area contributed by atoms with Crippen LogP contribution in [0.4, 0.5) is 15.6 Å². The summed E-state index contributed by atoms with van der Waals surface area (Å²) in [5, 5.41) is 4.08. The lowest BCUT2D eigenvalue weighted by Gasteiger charge is -2.34. The first-order valence-corrected chi connectivity index (χ1v) is 10.5. The number of hydrogen-bond acceptors (Lipinski definition) is 4. The van der Waals surface area contributed by atoms with Crippen LogP contribution < -0.4 is 10.2 Å². The summed E-state index contributed by atoms with van der Waals surface area (Å²) >= 11 is 1.74. The van der Waals surface area contributed by atoms with Crippen LogP contribution in [0.5, 0.6) is 0 Å². The van der Waals surface area contributed by atoms with E-state index in [1.165, 1.54) is 27.0 Å². The Bertz CT molecular complexity index is 1030. The van der Waals surface area contributed by atoms with E-state index in [4.69, 9.17) is 4.98 Å². The van der Waals surface area contributed by atoms with E-state index >= 15 is 0 Å². The number of thiazole rings is 1. The molecule has 0 spiro atoms. The summed E-state index contributed by atoms with van der Waals surface area (Å²) in [6, 6.07) is 10.4. The number of anilines is 2. The summed E-state index contributed by atoms with van der Waals surface area (Å²) < 4.78 is 1.24. The first kappa shape index (κ1) is 18.7. The quantitative estimate of drug-likeness (QED) is 0.674. The van der Waals surface area contributed by atoms with Crippen LogP contribution in [-0.4, -0.2) is 42.1 Å². The Kier molecular flexibility index (Phi) is 4.98. The van der Waals surface area contributed by atoms with E-state index in [1.54, 1.807) is 11.3 Å². The Morgan fingerprint density at radius 1 is 0.964 bits per heavy atom. The average Bonchev–Trinajstić information content (AvgIpc) is 3.09. The van der Waals surface area contributed by atoms with Crippen molar-refractivity contribution >= 4 is 38.4 Å². The Labute approximate surface area is 170 Å². The molecule has 0 radical (unpaired) electrons. The summed E-state index contributed by atoms with van der Waals surface area (Å²) in [5.74, 6) is 0. The highest BCUT2D eigenvalue weighted by atomic mass is 32.1. The van der Waals surface area contributed by atoms with Crippen molar-refractivity contribution in [2.75, 3.05) is 36.4 Å². The molecule has 146 valence electrons. The van der Waals surface area contributed by atoms with Crippen LogP contribution in [0.25, 0.3) is 10.2 Å². The van der Waals surface area contributed by atoms with Crippen LogP contribution in [0.2, 0.25) is 0 Å². The Balaban J connectivity index is 1.41. The molecule has 0 aliphatic carbocycles. The van der Waals surface area contributed by atoms with Crippen molar-refractivity contribution in [2.24, 2.45) is 0 Å². The highest BCUT2D eigenvalue weighted by molar-refractivity contribution is 7.22. The first-order chi connectivity index (χ1) is 13.4. The molecule has 2 aromatic carbocycles. The molecule has 1 N–H and O–H groups in total. The second-order valence-electron chi connectivity index (χ2n) is 7.63. The Morgan fingerprint density at radius 2 is 1.71 bits per heavy atom. The molecule has 0 unspecified atom stereocenters. The normalized spacial score (nSPS) is 14.6. The van der Waals surface area contributed by atoms with E-state index in [0.29, 0.717) is 13.1 Å². The van der Waals surface area contributed by atoms with E-state index in [-0.39, 0.29) is 6.03 Å². The summed E-state index contributed by atoms with van der Waals surface area (Å²) in [6.45, 7) is 11.4. The number of carbonyl (C=O) groups excluding carboxylic acids is 1. The molecule has 2 amide bonds. The van der Waals surface area contributed by atoms with Crippen LogP contribution in [-0.2, 0) is 0 Å². The molecule has 1 fully saturated rings. The molecule has 5 nitrogen and oxygen atoms in total. The molecular weight excluding hydrogens is 368 g/mol. The second kappa shape index (κ2) is 7.43. The minimum Gasteiger partial charge on any atom is -0.345 e. The summed E-state index contributed by atoms with van der Waals surface area (Å²) in [6.07, 6.45) is 0. The third kappa shape index (κ3) is 3.69. The van der Waals surface area contributed by atoms with E-state index in [0.717, 1.165) is 29.4 Å². The van der Waals surface area contributed by atoms with Crippen LogP contribution >= 0.6 is 11.3 Å². The van der Waals surface area contributed by atoms with Crippen molar-refractivity contribution in [3.8, 4) is 0 Å². The molecule has 0 atom stereocenters. The highest BCUT2D eigenvalue weighted by Crippen LogP contribution is 2.32. The van der Waals surface area contributed by atoms with Gasteiger partial charge in [-0.3, -0.25) is 0 Å². The number of nitrogens with one attached hydrogen (secondary N) is 1. The third-order valence-corrected chi connectivity index (χ3v) is 6.48. The average molecular weight is 395 g/mol. The maximum Gasteiger partial charge on any atom is 0.321 e. The van der Waals surface area contributed by atoms with Gasteiger partial charge in [0, 0.05) is 31.9 Å². The summed E-state index contributed by atoms with van der Waals surface area (Å²) in [7, 11) is 0. The van der Waals surface area contributed by atoms with Gasteiger partial charge < -0.3 is 15.1 Å². The topological polar surface area (TPSA) is 48.5 Å². The number of urea groups is 1. The fourth-order valence-electron chi connectivity index (χ4n) is 3.62. The zero-order chi connectivity index (χ0) is 19.8. The van der Waals surface area contributed by atoms with Crippen molar-refractivity contribution in [3.63, 3.8) is 0 Å². The molecule has 4 rings (SSSR count). The van der Waals surface area contributed by atoms with E-state index in [9.17, 15) is 4.79 Å². The zero-order valence-electron chi connectivity index (χ0n) is 16.9. The van der Waals surface area contributed by atoms with Gasteiger partial charge in [-0.15, -0.1) is 0 Å². The number of rotatable bonds is 2. The molecule has 6 heteroatoms. The number of carbonyl (C=O) groups is 1. The number of piperazine rings is 1. The molecule has 1 saturated heterocycles. The number of nitrogens with zero attached hydrogens (tertiary/aromatic N) is 3. The highest BCUT2D eigenvalue weighted by Gasteiger charge is 2.23. The van der Waals surface area contributed by atoms with Gasteiger partial charge in [0.05, 0.1) is 10.2 Å². The molecule has 0 saturated carbocycles. The zero-order valence-corrected chi connectivity index (χ0v) is 17.7. The monoisotopic (exact) mass is 394 g/mol. The van der Waals surface area contributed by atoms with Gasteiger partial charge in [0.15, 0.2) is 5.13 Å². The molecule has 1 aliphatic heterocycles. The largest absolute Gasteiger partial charge is 0.345 e. The molecule has 1 aromatic heterocycles. The lowest BCUT2D eigenvalue weighted by Crippen LogP contribution is -2.50. The summed E-state index contributed by atoms with van der Waals surface area (Å²) in [4.78, 5) is 21.6. The van der Waals surface area contributed by atoms with Crippen LogP contribution in [0.1, 0.15) is 22.3 Å². The van der Waals surface area contributed by atoms with Crippen LogP contribution in [0.15, 0.2) is 30.3 Å². The first-order valence-electron chi connectivity index (χ1n) is 9.66. The number of aromatic nitrogens is 1. The van der Waals surface area contributed by atoms with Gasteiger partial charge in [-0.2, -0.15) is 0 Å². The van der Waals surface area contributed by atoms with Gasteiger partial charge in [0.2, 0.25) is 0 Å². The van der Waals surface area contributed by atoms with Crippen molar-refractivity contribution in [1.82, 2.24) is 9.88 Å². The van der Waals surface area contributed by atoms with Gasteiger partial charge in [0.25, 0.3) is 0 Å². The number of benzene rings is 2. The minimum absolute atomic E-state index is 0.0290. The third-order valence-electron chi connectivity index (χ3n) is 5.41. The molecule has 0 bridgehead atoms. The smallest absolute Gasteiger partial charge is 0.321 e. The van der Waals surface area contributed by atoms with Crippen molar-refractivity contribution in [2.45, 2.75) is 27.7 Å². The van der Waals surface area contributed by atoms with Crippen molar-refractivity contribution in [1.29, 1.82) is 0 Å². The fourth-order valence-corrected chi connectivity index (χ4v) is 4.81. The van der Waals surface area contributed by atoms with E-state index < -0.39 is 0 Å². The lowest BCUT2D eigenvalue weighted by atomic mass is 10.1. The molecule has 28 heavy (non-hydrogen) atoms. The Hall–Kier alpha value is -2.60. The fraction of sp³-hybridized carbons (Fsp3) is 0.364. The SMILES string of the molecule is Cc1cc(C)c2nc(N3CCN(C(=O)Nc4ccc(C)c(C)c4)CC3)sc2c1.